The smallest absolute Gasteiger partial charge is 0.404 e. The van der Waals surface area contributed by atoms with Gasteiger partial charge in [-0.3, -0.25) is 0 Å². The lowest BCUT2D eigenvalue weighted by Gasteiger charge is -1.89. The summed E-state index contributed by atoms with van der Waals surface area (Å²) in [6.07, 6.45) is 0.979. The SMILES string of the molecule is O=C(O)NCC=CO. The van der Waals surface area contributed by atoms with Crippen molar-refractivity contribution in [2.24, 2.45) is 0 Å². The van der Waals surface area contributed by atoms with Gasteiger partial charge in [-0.1, -0.05) is 0 Å². The van der Waals surface area contributed by atoms with Crippen molar-refractivity contribution in [3.05, 3.63) is 12.3 Å². The summed E-state index contributed by atoms with van der Waals surface area (Å²) in [6.45, 7) is 0.145. The number of aliphatic hydroxyl groups is 1. The molecule has 0 heterocycles. The molecule has 0 fully saturated rings. The van der Waals surface area contributed by atoms with Gasteiger partial charge in [-0.05, 0) is 6.08 Å². The van der Waals surface area contributed by atoms with E-state index in [4.69, 9.17) is 10.2 Å². The van der Waals surface area contributed by atoms with E-state index < -0.39 is 6.09 Å². The van der Waals surface area contributed by atoms with Gasteiger partial charge >= 0.3 is 6.09 Å². The van der Waals surface area contributed by atoms with Crippen molar-refractivity contribution in [3.8, 4) is 0 Å². The van der Waals surface area contributed by atoms with E-state index >= 15 is 0 Å². The van der Waals surface area contributed by atoms with E-state index in [0.29, 0.717) is 0 Å². The first-order valence-electron chi connectivity index (χ1n) is 2.03. The molecule has 8 heavy (non-hydrogen) atoms. The summed E-state index contributed by atoms with van der Waals surface area (Å²) in [7, 11) is 0. The van der Waals surface area contributed by atoms with Crippen molar-refractivity contribution in [1.29, 1.82) is 0 Å². The van der Waals surface area contributed by atoms with Crippen LogP contribution in [0.5, 0.6) is 0 Å². The number of rotatable bonds is 2. The zero-order valence-electron chi connectivity index (χ0n) is 4.16. The van der Waals surface area contributed by atoms with Gasteiger partial charge in [-0.25, -0.2) is 4.79 Å². The molecule has 0 atom stereocenters. The van der Waals surface area contributed by atoms with Gasteiger partial charge in [0.05, 0.1) is 6.26 Å². The van der Waals surface area contributed by atoms with Crippen molar-refractivity contribution in [2.45, 2.75) is 0 Å². The molecule has 0 unspecified atom stereocenters. The maximum Gasteiger partial charge on any atom is 0.404 e. The van der Waals surface area contributed by atoms with Crippen LogP contribution in [-0.2, 0) is 0 Å². The molecule has 46 valence electrons. The first-order valence-corrected chi connectivity index (χ1v) is 2.03. The van der Waals surface area contributed by atoms with Crippen LogP contribution in [0.2, 0.25) is 0 Å². The second kappa shape index (κ2) is 3.98. The van der Waals surface area contributed by atoms with Crippen LogP contribution in [-0.4, -0.2) is 22.9 Å². The zero-order valence-corrected chi connectivity index (χ0v) is 4.16. The average Bonchev–Trinajstić information content (AvgIpc) is 1.66. The Morgan fingerprint density at radius 1 is 1.75 bits per heavy atom. The lowest BCUT2D eigenvalue weighted by Crippen LogP contribution is -2.20. The van der Waals surface area contributed by atoms with Crippen LogP contribution in [0.3, 0.4) is 0 Å². The molecule has 0 bridgehead atoms. The number of carbonyl (C=O) groups is 1. The highest BCUT2D eigenvalue weighted by molar-refractivity contribution is 5.64. The third-order valence-corrected chi connectivity index (χ3v) is 0.477. The molecule has 0 aliphatic carbocycles. The Bertz CT molecular complexity index is 99.5. The average molecular weight is 117 g/mol. The molecular formula is C4H7NO3. The van der Waals surface area contributed by atoms with Gasteiger partial charge in [0.25, 0.3) is 0 Å². The quantitative estimate of drug-likeness (QED) is 0.456. The molecule has 0 aromatic rings. The van der Waals surface area contributed by atoms with Crippen molar-refractivity contribution in [2.75, 3.05) is 6.54 Å². The van der Waals surface area contributed by atoms with Gasteiger partial charge in [0.1, 0.15) is 0 Å². The van der Waals surface area contributed by atoms with Gasteiger partial charge in [-0.15, -0.1) is 0 Å². The van der Waals surface area contributed by atoms with Crippen LogP contribution in [0, 0.1) is 0 Å². The lowest BCUT2D eigenvalue weighted by molar-refractivity contribution is 0.195. The zero-order chi connectivity index (χ0) is 6.41. The molecular weight excluding hydrogens is 110 g/mol. The number of hydrogen-bond donors (Lipinski definition) is 3. The number of amides is 1. The predicted molar refractivity (Wildman–Crippen MR) is 27.8 cm³/mol. The Labute approximate surface area is 46.4 Å². The van der Waals surface area contributed by atoms with Crippen molar-refractivity contribution in [3.63, 3.8) is 0 Å². The molecule has 1 amide bonds. The number of carboxylic acid groups (broad SMARTS) is 1. The fourth-order valence-electron chi connectivity index (χ4n) is 0.199. The Morgan fingerprint density at radius 2 is 2.38 bits per heavy atom. The van der Waals surface area contributed by atoms with E-state index in [1.54, 1.807) is 0 Å². The van der Waals surface area contributed by atoms with E-state index in [9.17, 15) is 4.79 Å². The van der Waals surface area contributed by atoms with Gasteiger partial charge in [-0.2, -0.15) is 0 Å². The van der Waals surface area contributed by atoms with Gasteiger partial charge in [0, 0.05) is 6.54 Å². The van der Waals surface area contributed by atoms with E-state index in [1.165, 1.54) is 6.08 Å². The van der Waals surface area contributed by atoms with Crippen LogP contribution in [0.1, 0.15) is 0 Å². The van der Waals surface area contributed by atoms with Crippen molar-refractivity contribution >= 4 is 6.09 Å². The van der Waals surface area contributed by atoms with E-state index in [-0.39, 0.29) is 6.54 Å². The molecule has 4 heteroatoms. The number of aliphatic hydroxyl groups excluding tert-OH is 1. The molecule has 0 rings (SSSR count). The highest BCUT2D eigenvalue weighted by Crippen LogP contribution is 1.63. The van der Waals surface area contributed by atoms with Crippen LogP contribution < -0.4 is 5.32 Å². The second-order valence-corrected chi connectivity index (χ2v) is 1.07. The molecule has 3 N–H and O–H groups in total. The number of hydrogen-bond acceptors (Lipinski definition) is 2. The van der Waals surface area contributed by atoms with Crippen molar-refractivity contribution < 1.29 is 15.0 Å². The molecule has 0 saturated heterocycles. The minimum Gasteiger partial charge on any atom is -0.516 e. The first kappa shape index (κ1) is 6.81. The molecule has 0 spiro atoms. The maximum absolute atomic E-state index is 9.65. The van der Waals surface area contributed by atoms with Crippen LogP contribution >= 0.6 is 0 Å². The number of nitrogens with one attached hydrogen (secondary N) is 1. The molecule has 4 nitrogen and oxygen atoms in total. The summed E-state index contributed by atoms with van der Waals surface area (Å²) in [5, 5.41) is 17.9. The standard InChI is InChI=1S/C4H7NO3/c6-3-1-2-5-4(7)8/h1,3,5-6H,2H2,(H,7,8). The fourth-order valence-corrected chi connectivity index (χ4v) is 0.199. The molecule has 0 aromatic heterocycles. The van der Waals surface area contributed by atoms with Crippen LogP contribution in [0.15, 0.2) is 12.3 Å². The van der Waals surface area contributed by atoms with Crippen LogP contribution in [0.4, 0.5) is 4.79 Å². The van der Waals surface area contributed by atoms with Gasteiger partial charge in [0.15, 0.2) is 0 Å². The Kier molecular flexibility index (Phi) is 3.39. The summed E-state index contributed by atoms with van der Waals surface area (Å²) in [4.78, 5) is 9.65. The third-order valence-electron chi connectivity index (χ3n) is 0.477. The molecule has 0 aliphatic rings. The largest absolute Gasteiger partial charge is 0.516 e. The monoisotopic (exact) mass is 117 g/mol. The summed E-state index contributed by atoms with van der Waals surface area (Å²) in [5.41, 5.74) is 0. The molecule has 0 aliphatic heterocycles. The van der Waals surface area contributed by atoms with Crippen LogP contribution in [0.25, 0.3) is 0 Å². The van der Waals surface area contributed by atoms with E-state index in [2.05, 4.69) is 0 Å². The minimum absolute atomic E-state index is 0.145. The topological polar surface area (TPSA) is 69.6 Å². The van der Waals surface area contributed by atoms with E-state index in [0.717, 1.165) is 6.26 Å². The third kappa shape index (κ3) is 4.81. The Balaban J connectivity index is 3.05. The first-order chi connectivity index (χ1) is 3.77. The summed E-state index contributed by atoms with van der Waals surface area (Å²) >= 11 is 0. The Morgan fingerprint density at radius 3 is 2.75 bits per heavy atom. The maximum atomic E-state index is 9.65. The van der Waals surface area contributed by atoms with Gasteiger partial charge in [0.2, 0.25) is 0 Å². The molecule has 0 aromatic carbocycles. The fraction of sp³-hybridized carbons (Fsp3) is 0.250. The lowest BCUT2D eigenvalue weighted by atomic mass is 10.6. The molecule has 0 saturated carbocycles. The summed E-state index contributed by atoms with van der Waals surface area (Å²) in [5.74, 6) is 0. The summed E-state index contributed by atoms with van der Waals surface area (Å²) in [6, 6.07) is 0. The second-order valence-electron chi connectivity index (χ2n) is 1.07. The van der Waals surface area contributed by atoms with E-state index in [1.807, 2.05) is 5.32 Å². The predicted octanol–water partition coefficient (Wildman–Crippen LogP) is 0.326. The Hall–Kier alpha value is -1.19. The summed E-state index contributed by atoms with van der Waals surface area (Å²) < 4.78 is 0. The normalized spacial score (nSPS) is 9.50. The molecule has 0 radical (unpaired) electrons. The highest BCUT2D eigenvalue weighted by Gasteiger charge is 1.85. The van der Waals surface area contributed by atoms with Gasteiger partial charge < -0.3 is 15.5 Å². The minimum atomic E-state index is -1.09. The highest BCUT2D eigenvalue weighted by atomic mass is 16.4. The van der Waals surface area contributed by atoms with Crippen molar-refractivity contribution in [1.82, 2.24) is 5.32 Å².